The van der Waals surface area contributed by atoms with Crippen LogP contribution >= 0.6 is 0 Å². The Bertz CT molecular complexity index is 365. The lowest BCUT2D eigenvalue weighted by Gasteiger charge is -2.12. The van der Waals surface area contributed by atoms with E-state index in [1.54, 1.807) is 18.2 Å². The predicted octanol–water partition coefficient (Wildman–Crippen LogP) is 0.750. The van der Waals surface area contributed by atoms with Gasteiger partial charge in [0.15, 0.2) is 18.1 Å². The molecule has 0 aromatic heterocycles. The molecule has 0 fully saturated rings. The molecule has 0 spiro atoms. The first-order valence-electron chi connectivity index (χ1n) is 4.77. The van der Waals surface area contributed by atoms with Crippen molar-refractivity contribution < 1.29 is 19.4 Å². The van der Waals surface area contributed by atoms with Crippen molar-refractivity contribution in [1.82, 2.24) is 5.32 Å². The first kappa shape index (κ1) is 12.3. The monoisotopic (exact) mass is 224 g/mol. The van der Waals surface area contributed by atoms with E-state index in [2.05, 4.69) is 5.32 Å². The van der Waals surface area contributed by atoms with E-state index in [1.807, 2.05) is 0 Å². The number of rotatable bonds is 5. The molecular weight excluding hydrogens is 210 g/mol. The van der Waals surface area contributed by atoms with Gasteiger partial charge in [-0.3, -0.25) is 4.79 Å². The number of hydrogen-bond acceptors (Lipinski definition) is 3. The van der Waals surface area contributed by atoms with Crippen molar-refractivity contribution in [3.8, 4) is 11.5 Å². The van der Waals surface area contributed by atoms with Gasteiger partial charge in [0.25, 0.3) is 0 Å². The third kappa shape index (κ3) is 2.87. The third-order valence-corrected chi connectivity index (χ3v) is 2.09. The number of para-hydroxylation sites is 1. The fourth-order valence-corrected chi connectivity index (χ4v) is 1.34. The molecule has 0 aliphatic heterocycles. The zero-order valence-electron chi connectivity index (χ0n) is 9.28. The molecule has 0 saturated carbocycles. The van der Waals surface area contributed by atoms with Gasteiger partial charge in [-0.2, -0.15) is 0 Å². The van der Waals surface area contributed by atoms with Crippen LogP contribution in [0.25, 0.3) is 0 Å². The van der Waals surface area contributed by atoms with Gasteiger partial charge in [-0.25, -0.2) is 5.11 Å². The highest BCUT2D eigenvalue weighted by atomic mass is 16.5. The number of ether oxygens (including phenoxy) is 2. The summed E-state index contributed by atoms with van der Waals surface area (Å²) in [6, 6.07) is 5.35. The van der Waals surface area contributed by atoms with E-state index in [0.717, 1.165) is 5.56 Å². The van der Waals surface area contributed by atoms with E-state index in [-0.39, 0.29) is 6.54 Å². The van der Waals surface area contributed by atoms with E-state index in [0.29, 0.717) is 11.5 Å². The molecule has 0 heterocycles. The molecule has 0 saturated heterocycles. The maximum Gasteiger partial charge on any atom is 0.249 e. The standard InChI is InChI=1S/C11H14NO4/c1-15-9-5-3-4-8(11(9)16-2)6-12-10(14)7-13/h3-5H,6-7H2,1-2H3,(H,12,14). The number of amides is 1. The zero-order valence-corrected chi connectivity index (χ0v) is 9.28. The average Bonchev–Trinajstić information content (AvgIpc) is 2.34. The molecule has 16 heavy (non-hydrogen) atoms. The number of nitrogens with one attached hydrogen (secondary N) is 1. The SMILES string of the molecule is COc1cccc(CNC(=O)C[O])c1OC. The van der Waals surface area contributed by atoms with Gasteiger partial charge in [0.05, 0.1) is 14.2 Å². The van der Waals surface area contributed by atoms with Crippen LogP contribution < -0.4 is 14.8 Å². The third-order valence-electron chi connectivity index (χ3n) is 2.09. The summed E-state index contributed by atoms with van der Waals surface area (Å²) >= 11 is 0. The molecule has 1 rings (SSSR count). The van der Waals surface area contributed by atoms with Crippen molar-refractivity contribution in [2.75, 3.05) is 20.8 Å². The van der Waals surface area contributed by atoms with Crippen molar-refractivity contribution in [3.05, 3.63) is 23.8 Å². The van der Waals surface area contributed by atoms with Crippen LogP contribution in [0, 0.1) is 0 Å². The van der Waals surface area contributed by atoms with Gasteiger partial charge < -0.3 is 14.8 Å². The van der Waals surface area contributed by atoms with Crippen molar-refractivity contribution in [2.45, 2.75) is 6.54 Å². The maximum atomic E-state index is 10.8. The van der Waals surface area contributed by atoms with Gasteiger partial charge in [-0.1, -0.05) is 12.1 Å². The Morgan fingerprint density at radius 2 is 2.06 bits per heavy atom. The molecule has 1 N–H and O–H groups in total. The van der Waals surface area contributed by atoms with Gasteiger partial charge in [-0.15, -0.1) is 0 Å². The molecule has 0 aliphatic rings. The van der Waals surface area contributed by atoms with Crippen molar-refractivity contribution in [1.29, 1.82) is 0 Å². The molecule has 5 heteroatoms. The van der Waals surface area contributed by atoms with Gasteiger partial charge in [0.2, 0.25) is 5.91 Å². The lowest BCUT2D eigenvalue weighted by atomic mass is 10.2. The largest absolute Gasteiger partial charge is 0.493 e. The topological polar surface area (TPSA) is 67.5 Å². The van der Waals surface area contributed by atoms with Crippen LogP contribution in [-0.4, -0.2) is 26.7 Å². The number of carbonyl (C=O) groups is 1. The number of benzene rings is 1. The molecule has 0 unspecified atom stereocenters. The highest BCUT2D eigenvalue weighted by molar-refractivity contribution is 5.76. The first-order chi connectivity index (χ1) is 7.72. The van der Waals surface area contributed by atoms with Gasteiger partial charge in [0.1, 0.15) is 0 Å². The Morgan fingerprint density at radius 1 is 1.31 bits per heavy atom. The number of carbonyl (C=O) groups excluding carboxylic acids is 1. The van der Waals surface area contributed by atoms with Crippen LogP contribution in [0.15, 0.2) is 18.2 Å². The molecule has 0 bridgehead atoms. The summed E-state index contributed by atoms with van der Waals surface area (Å²) in [5.41, 5.74) is 0.767. The molecule has 0 atom stereocenters. The Labute approximate surface area is 94.0 Å². The highest BCUT2D eigenvalue weighted by Crippen LogP contribution is 2.30. The maximum absolute atomic E-state index is 10.8. The Hall–Kier alpha value is -1.75. The second kappa shape index (κ2) is 5.97. The number of methoxy groups -OCH3 is 2. The van der Waals surface area contributed by atoms with E-state index in [9.17, 15) is 9.90 Å². The van der Waals surface area contributed by atoms with Gasteiger partial charge >= 0.3 is 0 Å². The zero-order chi connectivity index (χ0) is 12.0. The molecule has 5 nitrogen and oxygen atoms in total. The lowest BCUT2D eigenvalue weighted by molar-refractivity contribution is -0.125. The van der Waals surface area contributed by atoms with Crippen LogP contribution in [0.5, 0.6) is 11.5 Å². The quantitative estimate of drug-likeness (QED) is 0.802. The van der Waals surface area contributed by atoms with E-state index in [1.165, 1.54) is 14.2 Å². The molecule has 1 radical (unpaired) electrons. The Morgan fingerprint density at radius 3 is 2.62 bits per heavy atom. The van der Waals surface area contributed by atoms with Crippen LogP contribution in [0.1, 0.15) is 5.56 Å². The fourth-order valence-electron chi connectivity index (χ4n) is 1.34. The van der Waals surface area contributed by atoms with E-state index < -0.39 is 12.5 Å². The minimum atomic E-state index is -0.772. The van der Waals surface area contributed by atoms with Gasteiger partial charge in [0, 0.05) is 12.1 Å². The smallest absolute Gasteiger partial charge is 0.249 e. The fraction of sp³-hybridized carbons (Fsp3) is 0.364. The van der Waals surface area contributed by atoms with Crippen LogP contribution in [-0.2, 0) is 16.4 Å². The van der Waals surface area contributed by atoms with E-state index >= 15 is 0 Å². The normalized spacial score (nSPS) is 9.69. The molecule has 1 aromatic rings. The Kier molecular flexibility index (Phi) is 4.60. The second-order valence-electron chi connectivity index (χ2n) is 3.07. The predicted molar refractivity (Wildman–Crippen MR) is 56.9 cm³/mol. The molecule has 1 aromatic carbocycles. The molecule has 0 aliphatic carbocycles. The molecule has 87 valence electrons. The lowest BCUT2D eigenvalue weighted by Crippen LogP contribution is -2.25. The summed E-state index contributed by atoms with van der Waals surface area (Å²) in [4.78, 5) is 10.8. The first-order valence-corrected chi connectivity index (χ1v) is 4.77. The van der Waals surface area contributed by atoms with Crippen molar-refractivity contribution in [3.63, 3.8) is 0 Å². The second-order valence-corrected chi connectivity index (χ2v) is 3.07. The van der Waals surface area contributed by atoms with Crippen LogP contribution in [0.4, 0.5) is 0 Å². The summed E-state index contributed by atoms with van der Waals surface area (Å²) in [6.45, 7) is -0.520. The average molecular weight is 224 g/mol. The molecular formula is C11H14NO4. The minimum absolute atomic E-state index is 0.251. The summed E-state index contributed by atoms with van der Waals surface area (Å²) in [6.07, 6.45) is 0. The Balaban J connectivity index is 2.82. The minimum Gasteiger partial charge on any atom is -0.493 e. The van der Waals surface area contributed by atoms with Crippen molar-refractivity contribution >= 4 is 5.91 Å². The summed E-state index contributed by atoms with van der Waals surface area (Å²) in [5, 5.41) is 12.7. The summed E-state index contributed by atoms with van der Waals surface area (Å²) < 4.78 is 10.3. The van der Waals surface area contributed by atoms with Crippen LogP contribution in [0.3, 0.4) is 0 Å². The number of hydrogen-bond donors (Lipinski definition) is 1. The highest BCUT2D eigenvalue weighted by Gasteiger charge is 2.09. The van der Waals surface area contributed by atoms with Crippen LogP contribution in [0.2, 0.25) is 0 Å². The summed E-state index contributed by atoms with van der Waals surface area (Å²) in [5.74, 6) is 0.623. The van der Waals surface area contributed by atoms with Gasteiger partial charge in [-0.05, 0) is 6.07 Å². The van der Waals surface area contributed by atoms with Crippen molar-refractivity contribution in [2.24, 2.45) is 0 Å². The summed E-state index contributed by atoms with van der Waals surface area (Å²) in [7, 11) is 3.06. The van der Waals surface area contributed by atoms with E-state index in [4.69, 9.17) is 9.47 Å². The molecule has 1 amide bonds.